The zero-order chi connectivity index (χ0) is 14.7. The van der Waals surface area contributed by atoms with Gasteiger partial charge in [0.1, 0.15) is 11.6 Å². The Bertz CT molecular complexity index is 545. The van der Waals surface area contributed by atoms with Gasteiger partial charge in [0.2, 0.25) is 0 Å². The molecule has 2 rings (SSSR count). The Labute approximate surface area is 118 Å². The summed E-state index contributed by atoms with van der Waals surface area (Å²) in [4.78, 5) is 4.15. The van der Waals surface area contributed by atoms with E-state index in [1.165, 1.54) is 12.3 Å². The molecule has 2 aromatic heterocycles. The summed E-state index contributed by atoms with van der Waals surface area (Å²) < 4.78 is 18.1. The minimum Gasteiger partial charge on any atom is -0.361 e. The van der Waals surface area contributed by atoms with Crippen LogP contribution in [0.2, 0.25) is 0 Å². The highest BCUT2D eigenvalue weighted by Crippen LogP contribution is 2.25. The van der Waals surface area contributed by atoms with Gasteiger partial charge in [-0.15, -0.1) is 0 Å². The molecule has 0 saturated carbocycles. The molecule has 2 aromatic rings. The summed E-state index contributed by atoms with van der Waals surface area (Å²) in [5.41, 5.74) is 2.81. The van der Waals surface area contributed by atoms with Gasteiger partial charge in [0.15, 0.2) is 0 Å². The van der Waals surface area contributed by atoms with Crippen molar-refractivity contribution >= 4 is 0 Å². The van der Waals surface area contributed by atoms with Gasteiger partial charge >= 0.3 is 0 Å². The summed E-state index contributed by atoms with van der Waals surface area (Å²) in [5, 5.41) is 7.48. The van der Waals surface area contributed by atoms with E-state index >= 15 is 0 Å². The van der Waals surface area contributed by atoms with E-state index in [4.69, 9.17) is 4.52 Å². The molecule has 0 saturated heterocycles. The lowest BCUT2D eigenvalue weighted by molar-refractivity contribution is 0.388. The number of halogens is 1. The zero-order valence-electron chi connectivity index (χ0n) is 12.3. The Kier molecular flexibility index (Phi) is 4.49. The molecule has 2 heterocycles. The Morgan fingerprint density at radius 3 is 2.60 bits per heavy atom. The van der Waals surface area contributed by atoms with E-state index in [-0.39, 0.29) is 17.9 Å². The molecule has 4 nitrogen and oxygen atoms in total. The molecule has 0 aromatic carbocycles. The highest BCUT2D eigenvalue weighted by molar-refractivity contribution is 5.25. The van der Waals surface area contributed by atoms with E-state index in [9.17, 15) is 4.39 Å². The average Bonchev–Trinajstić information content (AvgIpc) is 2.76. The molecule has 0 aliphatic carbocycles. The van der Waals surface area contributed by atoms with Crippen molar-refractivity contribution < 1.29 is 8.91 Å². The lowest BCUT2D eigenvalue weighted by Gasteiger charge is -2.22. The van der Waals surface area contributed by atoms with E-state index in [2.05, 4.69) is 29.3 Å². The van der Waals surface area contributed by atoms with E-state index in [1.54, 1.807) is 6.07 Å². The summed E-state index contributed by atoms with van der Waals surface area (Å²) in [6.07, 6.45) is 2.12. The van der Waals surface area contributed by atoms with E-state index < -0.39 is 0 Å². The Morgan fingerprint density at radius 2 is 2.10 bits per heavy atom. The second-order valence-electron chi connectivity index (χ2n) is 4.99. The van der Waals surface area contributed by atoms with Gasteiger partial charge in [-0.25, -0.2) is 4.39 Å². The van der Waals surface area contributed by atoms with Gasteiger partial charge < -0.3 is 9.84 Å². The van der Waals surface area contributed by atoms with Gasteiger partial charge in [0.25, 0.3) is 0 Å². The molecule has 5 heteroatoms. The minimum absolute atomic E-state index is 0.0688. The van der Waals surface area contributed by atoms with Gasteiger partial charge in [-0.3, -0.25) is 4.98 Å². The summed E-state index contributed by atoms with van der Waals surface area (Å²) in [5.74, 6) is 0.506. The van der Waals surface area contributed by atoms with Crippen LogP contribution in [-0.2, 0) is 0 Å². The van der Waals surface area contributed by atoms with Crippen molar-refractivity contribution in [1.82, 2.24) is 15.5 Å². The van der Waals surface area contributed by atoms with Crippen LogP contribution in [0.15, 0.2) is 22.9 Å². The summed E-state index contributed by atoms with van der Waals surface area (Å²) >= 11 is 0. The summed E-state index contributed by atoms with van der Waals surface area (Å²) in [7, 11) is 0. The third-order valence-corrected chi connectivity index (χ3v) is 3.49. The van der Waals surface area contributed by atoms with Crippen molar-refractivity contribution in [2.75, 3.05) is 0 Å². The molecule has 108 valence electrons. The van der Waals surface area contributed by atoms with Gasteiger partial charge in [0, 0.05) is 17.6 Å². The minimum atomic E-state index is -0.317. The highest BCUT2D eigenvalue weighted by Gasteiger charge is 2.20. The highest BCUT2D eigenvalue weighted by atomic mass is 19.1. The molecule has 0 spiro atoms. The van der Waals surface area contributed by atoms with Gasteiger partial charge in [-0.05, 0) is 39.3 Å². The van der Waals surface area contributed by atoms with E-state index in [1.807, 2.05) is 13.8 Å². The molecule has 20 heavy (non-hydrogen) atoms. The fourth-order valence-corrected chi connectivity index (χ4v) is 2.50. The zero-order valence-corrected chi connectivity index (χ0v) is 12.3. The number of pyridine rings is 1. The van der Waals surface area contributed by atoms with Crippen LogP contribution in [0.25, 0.3) is 0 Å². The van der Waals surface area contributed by atoms with Crippen molar-refractivity contribution in [3.05, 3.63) is 46.9 Å². The monoisotopic (exact) mass is 277 g/mol. The number of hydrogen-bond donors (Lipinski definition) is 1. The smallest absolute Gasteiger partial charge is 0.141 e. The van der Waals surface area contributed by atoms with Crippen LogP contribution in [0.1, 0.15) is 55.1 Å². The number of hydrogen-bond acceptors (Lipinski definition) is 4. The first-order valence-corrected chi connectivity index (χ1v) is 6.83. The molecular formula is C15H20FN3O. The molecule has 0 bridgehead atoms. The second kappa shape index (κ2) is 6.13. The Hall–Kier alpha value is -1.75. The SMILES string of the molecule is CCC(NC(C)c1c(C)noc1C)c1ccc(F)cn1. The van der Waals surface area contributed by atoms with Crippen molar-refractivity contribution in [2.45, 2.75) is 46.2 Å². The molecule has 0 aliphatic heterocycles. The molecule has 0 fully saturated rings. The molecule has 2 unspecified atom stereocenters. The first-order chi connectivity index (χ1) is 9.52. The summed E-state index contributed by atoms with van der Waals surface area (Å²) in [6.45, 7) is 7.98. The fraction of sp³-hybridized carbons (Fsp3) is 0.467. The van der Waals surface area contributed by atoms with Crippen LogP contribution in [0.4, 0.5) is 4.39 Å². The molecule has 0 aliphatic rings. The molecule has 0 amide bonds. The van der Waals surface area contributed by atoms with Crippen molar-refractivity contribution in [2.24, 2.45) is 0 Å². The predicted molar refractivity (Wildman–Crippen MR) is 74.8 cm³/mol. The number of nitrogens with zero attached hydrogens (tertiary/aromatic N) is 2. The maximum atomic E-state index is 12.9. The first kappa shape index (κ1) is 14.7. The number of aryl methyl sites for hydroxylation is 2. The maximum Gasteiger partial charge on any atom is 0.141 e. The third kappa shape index (κ3) is 3.04. The van der Waals surface area contributed by atoms with Crippen LogP contribution < -0.4 is 5.32 Å². The standard InChI is InChI=1S/C15H20FN3O/c1-5-13(14-7-6-12(16)8-17-14)18-9(2)15-10(3)19-20-11(15)4/h6-9,13,18H,5H2,1-4H3. The fourth-order valence-electron chi connectivity index (χ4n) is 2.50. The summed E-state index contributed by atoms with van der Waals surface area (Å²) in [6, 6.07) is 3.32. The molecular weight excluding hydrogens is 257 g/mol. The van der Waals surface area contributed by atoms with E-state index in [0.29, 0.717) is 0 Å². The second-order valence-corrected chi connectivity index (χ2v) is 4.99. The normalized spacial score (nSPS) is 14.2. The Balaban J connectivity index is 2.16. The van der Waals surface area contributed by atoms with Crippen LogP contribution in [0.5, 0.6) is 0 Å². The molecule has 2 atom stereocenters. The van der Waals surface area contributed by atoms with Crippen molar-refractivity contribution in [1.29, 1.82) is 0 Å². The van der Waals surface area contributed by atoms with Gasteiger partial charge in [-0.2, -0.15) is 0 Å². The van der Waals surface area contributed by atoms with Gasteiger partial charge in [-0.1, -0.05) is 12.1 Å². The number of aromatic nitrogens is 2. The molecule has 1 N–H and O–H groups in total. The average molecular weight is 277 g/mol. The van der Waals surface area contributed by atoms with Crippen molar-refractivity contribution in [3.8, 4) is 0 Å². The van der Waals surface area contributed by atoms with E-state index in [0.717, 1.165) is 29.1 Å². The van der Waals surface area contributed by atoms with Crippen LogP contribution in [0, 0.1) is 19.7 Å². The number of rotatable bonds is 5. The topological polar surface area (TPSA) is 51.0 Å². The maximum absolute atomic E-state index is 12.9. The van der Waals surface area contributed by atoms with Gasteiger partial charge in [0.05, 0.1) is 17.6 Å². The lowest BCUT2D eigenvalue weighted by Crippen LogP contribution is -2.25. The predicted octanol–water partition coefficient (Wildman–Crippen LogP) is 3.63. The largest absolute Gasteiger partial charge is 0.361 e. The van der Waals surface area contributed by atoms with Crippen LogP contribution in [0.3, 0.4) is 0 Å². The number of nitrogens with one attached hydrogen (secondary N) is 1. The molecule has 0 radical (unpaired) electrons. The quantitative estimate of drug-likeness (QED) is 0.906. The Morgan fingerprint density at radius 1 is 1.35 bits per heavy atom. The third-order valence-electron chi connectivity index (χ3n) is 3.49. The van der Waals surface area contributed by atoms with Crippen LogP contribution >= 0.6 is 0 Å². The first-order valence-electron chi connectivity index (χ1n) is 6.83. The lowest BCUT2D eigenvalue weighted by atomic mass is 10.0. The van der Waals surface area contributed by atoms with Crippen LogP contribution in [-0.4, -0.2) is 10.1 Å². The van der Waals surface area contributed by atoms with Crippen molar-refractivity contribution in [3.63, 3.8) is 0 Å².